The number of benzene rings is 2. The summed E-state index contributed by atoms with van der Waals surface area (Å²) in [7, 11) is 3.19. The van der Waals surface area contributed by atoms with E-state index in [2.05, 4.69) is 5.32 Å². The second kappa shape index (κ2) is 7.34. The molecule has 25 heavy (non-hydrogen) atoms. The molecule has 0 saturated carbocycles. The van der Waals surface area contributed by atoms with Crippen molar-refractivity contribution >= 4 is 11.6 Å². The molecule has 0 atom stereocenters. The Labute approximate surface area is 146 Å². The van der Waals surface area contributed by atoms with Crippen molar-refractivity contribution in [1.82, 2.24) is 0 Å². The Morgan fingerprint density at radius 3 is 2.56 bits per heavy atom. The van der Waals surface area contributed by atoms with Gasteiger partial charge in [-0.25, -0.2) is 0 Å². The molecule has 1 heterocycles. The molecule has 1 aliphatic heterocycles. The highest BCUT2D eigenvalue weighted by atomic mass is 16.6. The third-order valence-corrected chi connectivity index (χ3v) is 4.04. The third-order valence-electron chi connectivity index (χ3n) is 4.04. The van der Waals surface area contributed by atoms with Gasteiger partial charge in [0.25, 0.3) is 0 Å². The van der Waals surface area contributed by atoms with Crippen molar-refractivity contribution in [1.29, 1.82) is 0 Å². The number of methoxy groups -OCH3 is 2. The standard InChI is InChI=1S/C19H21NO5/c1-12-15(22-2)6-4-13(19(12)23-3)10-18(21)20-14-5-7-16-17(11-14)25-9-8-24-16/h4-7,11H,8-10H2,1-3H3,(H,20,21). The third kappa shape index (κ3) is 3.63. The summed E-state index contributed by atoms with van der Waals surface area (Å²) in [4.78, 5) is 12.4. The minimum Gasteiger partial charge on any atom is -0.496 e. The number of ether oxygens (including phenoxy) is 4. The maximum atomic E-state index is 12.4. The molecule has 6 heteroatoms. The first-order chi connectivity index (χ1) is 12.1. The van der Waals surface area contributed by atoms with E-state index in [0.717, 1.165) is 16.9 Å². The molecule has 6 nitrogen and oxygen atoms in total. The van der Waals surface area contributed by atoms with Crippen molar-refractivity contribution in [2.24, 2.45) is 0 Å². The zero-order valence-corrected chi connectivity index (χ0v) is 14.5. The second-order valence-electron chi connectivity index (χ2n) is 5.67. The normalized spacial score (nSPS) is 12.4. The van der Waals surface area contributed by atoms with Gasteiger partial charge in [0.15, 0.2) is 11.5 Å². The van der Waals surface area contributed by atoms with Crippen LogP contribution in [0.1, 0.15) is 11.1 Å². The van der Waals surface area contributed by atoms with Crippen LogP contribution in [0.2, 0.25) is 0 Å². The number of carbonyl (C=O) groups excluding carboxylic acids is 1. The van der Waals surface area contributed by atoms with E-state index in [1.54, 1.807) is 32.4 Å². The predicted molar refractivity (Wildman–Crippen MR) is 94.0 cm³/mol. The van der Waals surface area contributed by atoms with E-state index in [4.69, 9.17) is 18.9 Å². The van der Waals surface area contributed by atoms with Gasteiger partial charge in [-0.05, 0) is 25.1 Å². The summed E-state index contributed by atoms with van der Waals surface area (Å²) in [6.07, 6.45) is 0.197. The number of carbonyl (C=O) groups is 1. The fraction of sp³-hybridized carbons (Fsp3) is 0.316. The molecule has 2 aromatic carbocycles. The van der Waals surface area contributed by atoms with Gasteiger partial charge in [0.2, 0.25) is 5.91 Å². The molecule has 2 aromatic rings. The molecule has 0 fully saturated rings. The van der Waals surface area contributed by atoms with Crippen LogP contribution >= 0.6 is 0 Å². The Kier molecular flexibility index (Phi) is 4.97. The smallest absolute Gasteiger partial charge is 0.228 e. The number of hydrogen-bond donors (Lipinski definition) is 1. The molecule has 1 amide bonds. The maximum Gasteiger partial charge on any atom is 0.228 e. The molecule has 0 aliphatic carbocycles. The first-order valence-corrected chi connectivity index (χ1v) is 8.02. The highest BCUT2D eigenvalue weighted by molar-refractivity contribution is 5.93. The van der Waals surface area contributed by atoms with Crippen LogP contribution in [0, 0.1) is 6.92 Å². The molecule has 0 saturated heterocycles. The highest BCUT2D eigenvalue weighted by Crippen LogP contribution is 2.33. The van der Waals surface area contributed by atoms with Gasteiger partial charge in [-0.1, -0.05) is 6.07 Å². The number of nitrogens with one attached hydrogen (secondary N) is 1. The van der Waals surface area contributed by atoms with Crippen LogP contribution in [-0.4, -0.2) is 33.3 Å². The van der Waals surface area contributed by atoms with Crippen LogP contribution in [0.4, 0.5) is 5.69 Å². The molecule has 0 aromatic heterocycles. The first-order valence-electron chi connectivity index (χ1n) is 8.02. The fourth-order valence-electron chi connectivity index (χ4n) is 2.87. The molecular formula is C19H21NO5. The summed E-state index contributed by atoms with van der Waals surface area (Å²) in [5.41, 5.74) is 2.34. The van der Waals surface area contributed by atoms with Crippen molar-refractivity contribution in [3.63, 3.8) is 0 Å². The van der Waals surface area contributed by atoms with Crippen molar-refractivity contribution in [3.8, 4) is 23.0 Å². The van der Waals surface area contributed by atoms with Crippen molar-refractivity contribution in [2.45, 2.75) is 13.3 Å². The number of anilines is 1. The Hall–Kier alpha value is -2.89. The quantitative estimate of drug-likeness (QED) is 0.904. The Bertz CT molecular complexity index is 788. The lowest BCUT2D eigenvalue weighted by Gasteiger charge is -2.19. The minimum atomic E-state index is -0.139. The Morgan fingerprint density at radius 2 is 1.84 bits per heavy atom. The van der Waals surface area contributed by atoms with Gasteiger partial charge in [0.05, 0.1) is 20.6 Å². The van der Waals surface area contributed by atoms with E-state index in [9.17, 15) is 4.79 Å². The van der Waals surface area contributed by atoms with E-state index in [1.807, 2.05) is 19.1 Å². The summed E-state index contributed by atoms with van der Waals surface area (Å²) < 4.78 is 21.7. The zero-order valence-electron chi connectivity index (χ0n) is 14.5. The van der Waals surface area contributed by atoms with Gasteiger partial charge in [-0.3, -0.25) is 4.79 Å². The van der Waals surface area contributed by atoms with Crippen LogP contribution in [0.3, 0.4) is 0 Å². The number of hydrogen-bond acceptors (Lipinski definition) is 5. The minimum absolute atomic E-state index is 0.139. The molecule has 1 N–H and O–H groups in total. The first kappa shape index (κ1) is 17.0. The summed E-state index contributed by atoms with van der Waals surface area (Å²) >= 11 is 0. The zero-order chi connectivity index (χ0) is 17.8. The summed E-state index contributed by atoms with van der Waals surface area (Å²) in [5, 5.41) is 2.88. The Morgan fingerprint density at radius 1 is 1.08 bits per heavy atom. The maximum absolute atomic E-state index is 12.4. The van der Waals surface area contributed by atoms with E-state index < -0.39 is 0 Å². The van der Waals surface area contributed by atoms with Gasteiger partial charge < -0.3 is 24.3 Å². The lowest BCUT2D eigenvalue weighted by Crippen LogP contribution is -2.17. The molecule has 0 unspecified atom stereocenters. The molecule has 3 rings (SSSR count). The molecule has 0 bridgehead atoms. The monoisotopic (exact) mass is 343 g/mol. The van der Waals surface area contributed by atoms with Crippen molar-refractivity contribution < 1.29 is 23.7 Å². The van der Waals surface area contributed by atoms with Crippen LogP contribution in [0.25, 0.3) is 0 Å². The molecule has 132 valence electrons. The average molecular weight is 343 g/mol. The van der Waals surface area contributed by atoms with Gasteiger partial charge in [-0.2, -0.15) is 0 Å². The Balaban J connectivity index is 1.74. The van der Waals surface area contributed by atoms with E-state index >= 15 is 0 Å². The molecule has 1 aliphatic rings. The van der Waals surface area contributed by atoms with E-state index in [1.165, 1.54) is 0 Å². The van der Waals surface area contributed by atoms with Gasteiger partial charge in [0, 0.05) is 22.9 Å². The van der Waals surface area contributed by atoms with Crippen LogP contribution in [-0.2, 0) is 11.2 Å². The lowest BCUT2D eigenvalue weighted by atomic mass is 10.1. The SMILES string of the molecule is COc1ccc(CC(=O)Nc2ccc3c(c2)OCCO3)c(OC)c1C. The molecular weight excluding hydrogens is 322 g/mol. The summed E-state index contributed by atoms with van der Waals surface area (Å²) in [6, 6.07) is 9.03. The number of rotatable bonds is 5. The highest BCUT2D eigenvalue weighted by Gasteiger charge is 2.16. The summed E-state index contributed by atoms with van der Waals surface area (Å²) in [5.74, 6) is 2.59. The van der Waals surface area contributed by atoms with Gasteiger partial charge in [-0.15, -0.1) is 0 Å². The van der Waals surface area contributed by atoms with Crippen LogP contribution < -0.4 is 24.3 Å². The molecule has 0 spiro atoms. The predicted octanol–water partition coefficient (Wildman–Crippen LogP) is 2.96. The van der Waals surface area contributed by atoms with Crippen LogP contribution in [0.15, 0.2) is 30.3 Å². The van der Waals surface area contributed by atoms with Crippen molar-refractivity contribution in [3.05, 3.63) is 41.5 Å². The van der Waals surface area contributed by atoms with Gasteiger partial charge in [0.1, 0.15) is 24.7 Å². The summed E-state index contributed by atoms with van der Waals surface area (Å²) in [6.45, 7) is 2.95. The number of fused-ring (bicyclic) bond motifs is 1. The molecule has 0 radical (unpaired) electrons. The van der Waals surface area contributed by atoms with Crippen LogP contribution in [0.5, 0.6) is 23.0 Å². The van der Waals surface area contributed by atoms with Crippen molar-refractivity contribution in [2.75, 3.05) is 32.8 Å². The second-order valence-corrected chi connectivity index (χ2v) is 5.67. The van der Waals surface area contributed by atoms with Gasteiger partial charge >= 0.3 is 0 Å². The fourth-order valence-corrected chi connectivity index (χ4v) is 2.87. The topological polar surface area (TPSA) is 66.0 Å². The van der Waals surface area contributed by atoms with E-state index in [0.29, 0.717) is 36.1 Å². The van der Waals surface area contributed by atoms with E-state index in [-0.39, 0.29) is 12.3 Å². The lowest BCUT2D eigenvalue weighted by molar-refractivity contribution is -0.115. The largest absolute Gasteiger partial charge is 0.496 e. The number of amides is 1. The average Bonchev–Trinajstić information content (AvgIpc) is 2.62.